The van der Waals surface area contributed by atoms with Crippen molar-refractivity contribution < 1.29 is 5.11 Å². The van der Waals surface area contributed by atoms with Gasteiger partial charge in [0.1, 0.15) is 5.75 Å². The monoisotopic (exact) mass is 208 g/mol. The van der Waals surface area contributed by atoms with Crippen LogP contribution in [0.15, 0.2) is 30.4 Å². The number of rotatable bonds is 0. The summed E-state index contributed by atoms with van der Waals surface area (Å²) in [5.74, 6) is 0.153. The lowest BCUT2D eigenvalue weighted by Gasteiger charge is -2.02. The fraction of sp³-hybridized carbons (Fsp3) is 0.0769. The third-order valence-corrected chi connectivity index (χ3v) is 2.57. The maximum absolute atomic E-state index is 9.75. The van der Waals surface area contributed by atoms with Gasteiger partial charge in [0, 0.05) is 24.1 Å². The van der Waals surface area contributed by atoms with Crippen molar-refractivity contribution in [3.8, 4) is 17.9 Å². The number of aromatic hydroxyl groups is 1. The van der Waals surface area contributed by atoms with E-state index in [9.17, 15) is 5.11 Å². The number of phenolic OH excluding ortho intramolecular Hbond substituents is 1. The molecule has 0 aromatic heterocycles. The van der Waals surface area contributed by atoms with Crippen molar-refractivity contribution >= 4 is 11.1 Å². The Balaban J connectivity index is 2.69. The third-order valence-electron chi connectivity index (χ3n) is 2.57. The highest BCUT2D eigenvalue weighted by atomic mass is 16.3. The molecule has 1 aliphatic rings. The normalized spacial score (nSPS) is 18.1. The Morgan fingerprint density at radius 3 is 2.50 bits per heavy atom. The molecule has 3 nitrogen and oxygen atoms in total. The summed E-state index contributed by atoms with van der Waals surface area (Å²) in [6.07, 6.45) is 3.39. The zero-order chi connectivity index (χ0) is 11.5. The summed E-state index contributed by atoms with van der Waals surface area (Å²) in [5, 5.41) is 27.1. The molecule has 0 unspecified atom stereocenters. The Kier molecular flexibility index (Phi) is 2.45. The molecule has 0 aliphatic heterocycles. The van der Waals surface area contributed by atoms with Crippen LogP contribution >= 0.6 is 0 Å². The summed E-state index contributed by atoms with van der Waals surface area (Å²) in [6, 6.07) is 9.09. The number of nitrogens with zero attached hydrogens (tertiary/aromatic N) is 2. The van der Waals surface area contributed by atoms with E-state index in [1.54, 1.807) is 12.1 Å². The molecule has 0 saturated carbocycles. The van der Waals surface area contributed by atoms with Crippen molar-refractivity contribution in [1.29, 1.82) is 10.5 Å². The van der Waals surface area contributed by atoms with E-state index in [1.165, 1.54) is 12.2 Å². The lowest BCUT2D eigenvalue weighted by molar-refractivity contribution is 0.473. The molecule has 16 heavy (non-hydrogen) atoms. The van der Waals surface area contributed by atoms with Crippen molar-refractivity contribution in [3.63, 3.8) is 0 Å². The first-order valence-electron chi connectivity index (χ1n) is 4.78. The fourth-order valence-electron chi connectivity index (χ4n) is 1.94. The van der Waals surface area contributed by atoms with E-state index in [4.69, 9.17) is 10.5 Å². The molecular weight excluding hydrogens is 200 g/mol. The van der Waals surface area contributed by atoms with Crippen LogP contribution in [0.25, 0.3) is 11.1 Å². The average molecular weight is 208 g/mol. The number of hydrogen-bond acceptors (Lipinski definition) is 3. The molecule has 1 aromatic carbocycles. The Bertz CT molecular complexity index is 583. The highest BCUT2D eigenvalue weighted by Gasteiger charge is 2.23. The summed E-state index contributed by atoms with van der Waals surface area (Å²) < 4.78 is 0. The molecule has 0 radical (unpaired) electrons. The van der Waals surface area contributed by atoms with Crippen LogP contribution in [0.3, 0.4) is 0 Å². The number of phenols is 1. The molecule has 1 aromatic rings. The van der Waals surface area contributed by atoms with Crippen LogP contribution in [0.4, 0.5) is 0 Å². The third kappa shape index (κ3) is 1.45. The summed E-state index contributed by atoms with van der Waals surface area (Å²) in [7, 11) is 0. The van der Waals surface area contributed by atoms with Crippen molar-refractivity contribution in [1.82, 2.24) is 0 Å². The fourth-order valence-corrected chi connectivity index (χ4v) is 1.94. The molecule has 1 aliphatic carbocycles. The average Bonchev–Trinajstić information content (AvgIpc) is 2.60. The molecule has 1 N–H and O–H groups in total. The largest absolute Gasteiger partial charge is 0.507 e. The molecule has 0 heterocycles. The second-order valence-corrected chi connectivity index (χ2v) is 3.47. The van der Waals surface area contributed by atoms with Crippen LogP contribution in [-0.2, 0) is 0 Å². The summed E-state index contributed by atoms with van der Waals surface area (Å²) in [6.45, 7) is 0. The highest BCUT2D eigenvalue weighted by Crippen LogP contribution is 2.44. The number of nitriles is 2. The first-order valence-corrected chi connectivity index (χ1v) is 4.78. The predicted molar refractivity (Wildman–Crippen MR) is 59.9 cm³/mol. The molecule has 0 fully saturated rings. The maximum Gasteiger partial charge on any atom is 0.123 e. The van der Waals surface area contributed by atoms with Gasteiger partial charge in [-0.3, -0.25) is 0 Å². The van der Waals surface area contributed by atoms with Gasteiger partial charge in [0.25, 0.3) is 0 Å². The maximum atomic E-state index is 9.75. The molecule has 0 saturated heterocycles. The van der Waals surface area contributed by atoms with E-state index in [0.717, 1.165) is 16.7 Å². The lowest BCUT2D eigenvalue weighted by atomic mass is 10.1. The van der Waals surface area contributed by atoms with Crippen LogP contribution in [0, 0.1) is 22.7 Å². The first-order chi connectivity index (χ1) is 7.77. The topological polar surface area (TPSA) is 67.8 Å². The Labute approximate surface area is 93.2 Å². The van der Waals surface area contributed by atoms with Crippen LogP contribution in [0.2, 0.25) is 0 Å². The molecule has 0 bridgehead atoms. The second-order valence-electron chi connectivity index (χ2n) is 3.47. The van der Waals surface area contributed by atoms with Gasteiger partial charge in [-0.2, -0.15) is 10.5 Å². The van der Waals surface area contributed by atoms with Crippen LogP contribution < -0.4 is 0 Å². The van der Waals surface area contributed by atoms with Gasteiger partial charge in [-0.25, -0.2) is 0 Å². The van der Waals surface area contributed by atoms with Gasteiger partial charge >= 0.3 is 0 Å². The minimum Gasteiger partial charge on any atom is -0.507 e. The van der Waals surface area contributed by atoms with Gasteiger partial charge in [0.15, 0.2) is 0 Å². The van der Waals surface area contributed by atoms with Crippen molar-refractivity contribution in [2.75, 3.05) is 0 Å². The van der Waals surface area contributed by atoms with Gasteiger partial charge < -0.3 is 5.11 Å². The van der Waals surface area contributed by atoms with Gasteiger partial charge in [0.2, 0.25) is 0 Å². The Hall–Kier alpha value is -2.52. The van der Waals surface area contributed by atoms with Gasteiger partial charge in [-0.15, -0.1) is 0 Å². The standard InChI is InChI=1S/C13H8N2O/c14-6-4-9-8-10(5-7-15)13-11(9)2-1-3-12(13)16/h1-5,16H,8H2. The Morgan fingerprint density at radius 2 is 1.81 bits per heavy atom. The molecular formula is C13H8N2O. The summed E-state index contributed by atoms with van der Waals surface area (Å²) in [4.78, 5) is 0. The minimum absolute atomic E-state index is 0.153. The summed E-state index contributed by atoms with van der Waals surface area (Å²) in [5.41, 5.74) is 3.11. The van der Waals surface area contributed by atoms with E-state index in [0.29, 0.717) is 12.0 Å². The van der Waals surface area contributed by atoms with Crippen molar-refractivity contribution in [2.45, 2.75) is 6.42 Å². The molecule has 0 atom stereocenters. The van der Waals surface area contributed by atoms with Crippen molar-refractivity contribution in [3.05, 3.63) is 41.5 Å². The molecule has 2 rings (SSSR count). The highest BCUT2D eigenvalue weighted by molar-refractivity contribution is 5.95. The smallest absolute Gasteiger partial charge is 0.123 e. The number of benzene rings is 1. The first kappa shape index (κ1) is 10.0. The van der Waals surface area contributed by atoms with Crippen LogP contribution in [0.5, 0.6) is 5.75 Å². The number of allylic oxidation sites excluding steroid dienone is 4. The zero-order valence-electron chi connectivity index (χ0n) is 8.44. The van der Waals surface area contributed by atoms with Crippen molar-refractivity contribution in [2.24, 2.45) is 0 Å². The number of hydrogen-bond donors (Lipinski definition) is 1. The van der Waals surface area contributed by atoms with E-state index in [1.807, 2.05) is 18.2 Å². The quantitative estimate of drug-likeness (QED) is 0.666. The van der Waals surface area contributed by atoms with E-state index < -0.39 is 0 Å². The summed E-state index contributed by atoms with van der Waals surface area (Å²) >= 11 is 0. The van der Waals surface area contributed by atoms with E-state index in [2.05, 4.69) is 0 Å². The number of fused-ring (bicyclic) bond motifs is 1. The van der Waals surface area contributed by atoms with E-state index >= 15 is 0 Å². The van der Waals surface area contributed by atoms with Gasteiger partial charge in [-0.1, -0.05) is 12.1 Å². The van der Waals surface area contributed by atoms with Gasteiger partial charge in [0.05, 0.1) is 12.1 Å². The molecule has 3 heteroatoms. The van der Waals surface area contributed by atoms with Crippen LogP contribution in [0.1, 0.15) is 17.5 Å². The van der Waals surface area contributed by atoms with E-state index in [-0.39, 0.29) is 5.75 Å². The minimum atomic E-state index is 0.153. The van der Waals surface area contributed by atoms with Gasteiger partial charge in [-0.05, 0) is 22.8 Å². The SMILES string of the molecule is N#CC=C1CC(=CC#N)c2c(O)cccc21. The second kappa shape index (κ2) is 3.92. The zero-order valence-corrected chi connectivity index (χ0v) is 8.44. The molecule has 0 spiro atoms. The molecule has 0 amide bonds. The lowest BCUT2D eigenvalue weighted by Crippen LogP contribution is -1.81. The molecule has 76 valence electrons. The van der Waals surface area contributed by atoms with Crippen LogP contribution in [-0.4, -0.2) is 5.11 Å². The Morgan fingerprint density at radius 1 is 1.12 bits per heavy atom. The predicted octanol–water partition coefficient (Wildman–Crippen LogP) is 2.61.